The Balaban J connectivity index is 1.69. The summed E-state index contributed by atoms with van der Waals surface area (Å²) in [4.78, 5) is 22.4. The van der Waals surface area contributed by atoms with E-state index in [-0.39, 0.29) is 16.6 Å². The number of halogens is 1. The number of amides is 1. The van der Waals surface area contributed by atoms with Gasteiger partial charge in [-0.15, -0.1) is 0 Å². The van der Waals surface area contributed by atoms with Gasteiger partial charge in [0.2, 0.25) is 11.7 Å². The van der Waals surface area contributed by atoms with Crippen molar-refractivity contribution in [3.8, 4) is 11.4 Å². The average Bonchev–Trinajstić information content (AvgIpc) is 3.44. The zero-order chi connectivity index (χ0) is 24.6. The first-order valence-electron chi connectivity index (χ1n) is 10.4. The number of aryl methyl sites for hydroxylation is 1. The molecule has 0 aliphatic carbocycles. The lowest BCUT2D eigenvalue weighted by molar-refractivity contribution is -0.118. The van der Waals surface area contributed by atoms with E-state index < -0.39 is 23.9 Å². The monoisotopic (exact) mass is 482 g/mol. The molecular formula is C23H23FN6O3S. The van der Waals surface area contributed by atoms with E-state index in [0.29, 0.717) is 16.6 Å². The van der Waals surface area contributed by atoms with Crippen LogP contribution in [-0.2, 0) is 4.79 Å². The lowest BCUT2D eigenvalue weighted by Crippen LogP contribution is -2.39. The fraction of sp³-hybridized carbons (Fsp3) is 0.217. The van der Waals surface area contributed by atoms with Crippen molar-refractivity contribution in [2.24, 2.45) is 5.73 Å². The molecule has 11 heteroatoms. The number of aliphatic hydroxyl groups excluding tert-OH is 1. The highest BCUT2D eigenvalue weighted by Gasteiger charge is 2.29. The number of nitrogen functional groups attached to an aromatic ring is 1. The van der Waals surface area contributed by atoms with Gasteiger partial charge < -0.3 is 26.0 Å². The molecule has 2 aromatic heterocycles. The Morgan fingerprint density at radius 1 is 1.18 bits per heavy atom. The van der Waals surface area contributed by atoms with Crippen LogP contribution in [0.25, 0.3) is 11.4 Å². The highest BCUT2D eigenvalue weighted by Crippen LogP contribution is 2.39. The van der Waals surface area contributed by atoms with Crippen molar-refractivity contribution in [1.29, 1.82) is 0 Å². The number of carbonyl (C=O) groups is 1. The normalized spacial score (nSPS) is 13.0. The average molecular weight is 483 g/mol. The van der Waals surface area contributed by atoms with E-state index in [1.54, 1.807) is 6.92 Å². The second-order valence-electron chi connectivity index (χ2n) is 7.78. The van der Waals surface area contributed by atoms with E-state index in [2.05, 4.69) is 15.1 Å². The molecule has 4 aromatic rings. The summed E-state index contributed by atoms with van der Waals surface area (Å²) in [6.45, 7) is 5.52. The number of hydrogen-bond acceptors (Lipinski definition) is 9. The van der Waals surface area contributed by atoms with Crippen LogP contribution in [0.15, 0.2) is 47.0 Å². The second-order valence-corrected chi connectivity index (χ2v) is 8.79. The zero-order valence-electron chi connectivity index (χ0n) is 18.7. The van der Waals surface area contributed by atoms with E-state index in [9.17, 15) is 14.3 Å². The molecule has 34 heavy (non-hydrogen) atoms. The third-order valence-corrected chi connectivity index (χ3v) is 6.67. The summed E-state index contributed by atoms with van der Waals surface area (Å²) in [5, 5.41) is 15.2. The Morgan fingerprint density at radius 3 is 2.56 bits per heavy atom. The maximum Gasteiger partial charge on any atom is 0.261 e. The number of nitrogens with two attached hydrogens (primary N) is 2. The van der Waals surface area contributed by atoms with Crippen molar-refractivity contribution in [1.82, 2.24) is 15.1 Å². The predicted molar refractivity (Wildman–Crippen MR) is 127 cm³/mol. The number of nitrogens with zero attached hydrogens (tertiary/aromatic N) is 4. The summed E-state index contributed by atoms with van der Waals surface area (Å²) in [7, 11) is 0. The van der Waals surface area contributed by atoms with Crippen molar-refractivity contribution >= 4 is 33.9 Å². The number of hydrogen-bond donors (Lipinski definition) is 3. The number of benzene rings is 2. The number of rotatable bonds is 7. The minimum absolute atomic E-state index is 0.0303. The van der Waals surface area contributed by atoms with Crippen LogP contribution in [-0.4, -0.2) is 32.2 Å². The maximum atomic E-state index is 13.4. The molecule has 0 spiro atoms. The Bertz CT molecular complexity index is 1340. The number of thiazole rings is 1. The molecule has 2 heterocycles. The summed E-state index contributed by atoms with van der Waals surface area (Å²) in [5.74, 6) is -0.720. The SMILES string of the molecule is Cc1cccc(-c2noc(C(O)c3sc(N(c4ccc(F)cc4)C(C)C(N)=O)nc3N)n2)c1C. The molecule has 0 aliphatic rings. The van der Waals surface area contributed by atoms with Crippen LogP contribution in [0.4, 0.5) is 21.0 Å². The lowest BCUT2D eigenvalue weighted by atomic mass is 10.0. The Labute approximate surface area is 198 Å². The van der Waals surface area contributed by atoms with Gasteiger partial charge in [0, 0.05) is 11.3 Å². The van der Waals surface area contributed by atoms with Gasteiger partial charge in [-0.1, -0.05) is 34.7 Å². The molecular weight excluding hydrogens is 459 g/mol. The van der Waals surface area contributed by atoms with E-state index in [1.807, 2.05) is 32.0 Å². The fourth-order valence-electron chi connectivity index (χ4n) is 3.42. The molecule has 0 radical (unpaired) electrons. The third-order valence-electron chi connectivity index (χ3n) is 5.55. The minimum Gasteiger partial charge on any atom is -0.383 e. The molecule has 1 amide bonds. The van der Waals surface area contributed by atoms with Gasteiger partial charge in [0.05, 0.1) is 4.88 Å². The van der Waals surface area contributed by atoms with Gasteiger partial charge in [-0.05, 0) is 56.2 Å². The quantitative estimate of drug-likeness (QED) is 0.362. The first-order valence-corrected chi connectivity index (χ1v) is 11.2. The van der Waals surface area contributed by atoms with Crippen LogP contribution in [0.1, 0.15) is 34.9 Å². The van der Waals surface area contributed by atoms with Crippen molar-refractivity contribution in [2.75, 3.05) is 10.6 Å². The largest absolute Gasteiger partial charge is 0.383 e. The molecule has 0 saturated carbocycles. The van der Waals surface area contributed by atoms with Crippen LogP contribution >= 0.6 is 11.3 Å². The zero-order valence-corrected chi connectivity index (χ0v) is 19.5. The molecule has 4 rings (SSSR count). The molecule has 5 N–H and O–H groups in total. The van der Waals surface area contributed by atoms with Crippen LogP contribution in [0.2, 0.25) is 0 Å². The number of primary amides is 1. The van der Waals surface area contributed by atoms with Crippen molar-refractivity contribution in [3.05, 3.63) is 70.2 Å². The Kier molecular flexibility index (Phi) is 6.31. The smallest absolute Gasteiger partial charge is 0.261 e. The highest BCUT2D eigenvalue weighted by atomic mass is 32.1. The van der Waals surface area contributed by atoms with Gasteiger partial charge in [0.1, 0.15) is 17.7 Å². The Hall–Kier alpha value is -3.83. The number of aromatic nitrogens is 3. The molecule has 0 saturated heterocycles. The maximum absolute atomic E-state index is 13.4. The molecule has 0 bridgehead atoms. The fourth-order valence-corrected chi connectivity index (χ4v) is 4.49. The first-order chi connectivity index (χ1) is 16.2. The minimum atomic E-state index is -1.34. The van der Waals surface area contributed by atoms with E-state index in [0.717, 1.165) is 28.0 Å². The summed E-state index contributed by atoms with van der Waals surface area (Å²) >= 11 is 1.04. The van der Waals surface area contributed by atoms with Gasteiger partial charge in [-0.2, -0.15) is 4.98 Å². The van der Waals surface area contributed by atoms with Gasteiger partial charge in [0.15, 0.2) is 11.2 Å². The van der Waals surface area contributed by atoms with Gasteiger partial charge in [-0.3, -0.25) is 4.79 Å². The van der Waals surface area contributed by atoms with Crippen LogP contribution in [0, 0.1) is 19.7 Å². The van der Waals surface area contributed by atoms with Crippen LogP contribution in [0.5, 0.6) is 0 Å². The lowest BCUT2D eigenvalue weighted by Gasteiger charge is -2.26. The van der Waals surface area contributed by atoms with Crippen molar-refractivity contribution in [3.63, 3.8) is 0 Å². The van der Waals surface area contributed by atoms with Crippen LogP contribution in [0.3, 0.4) is 0 Å². The topological polar surface area (TPSA) is 144 Å². The van der Waals surface area contributed by atoms with Crippen molar-refractivity contribution in [2.45, 2.75) is 32.9 Å². The molecule has 0 fully saturated rings. The molecule has 176 valence electrons. The van der Waals surface area contributed by atoms with Crippen molar-refractivity contribution < 1.29 is 18.8 Å². The number of aliphatic hydroxyl groups is 1. The Morgan fingerprint density at radius 2 is 1.88 bits per heavy atom. The first kappa shape index (κ1) is 23.3. The van der Waals surface area contributed by atoms with Crippen LogP contribution < -0.4 is 16.4 Å². The molecule has 0 aliphatic heterocycles. The predicted octanol–water partition coefficient (Wildman–Crippen LogP) is 3.62. The van der Waals surface area contributed by atoms with Gasteiger partial charge in [-0.25, -0.2) is 9.37 Å². The number of anilines is 3. The third kappa shape index (κ3) is 4.35. The molecule has 2 aromatic carbocycles. The highest BCUT2D eigenvalue weighted by molar-refractivity contribution is 7.16. The van der Waals surface area contributed by atoms with E-state index in [4.69, 9.17) is 16.0 Å². The standard InChI is InChI=1S/C23H23FN6O3S/c1-11-5-4-6-16(12(11)2)21-28-22(33-29-21)17(31)18-19(25)27-23(34-18)30(13(3)20(26)32)15-9-7-14(24)8-10-15/h4-10,13,17,31H,25H2,1-3H3,(H2,26,32). The van der Waals surface area contributed by atoms with E-state index >= 15 is 0 Å². The number of carbonyl (C=O) groups excluding carboxylic acids is 1. The summed E-state index contributed by atoms with van der Waals surface area (Å²) < 4.78 is 18.8. The summed E-state index contributed by atoms with van der Waals surface area (Å²) in [6, 6.07) is 10.4. The van der Waals surface area contributed by atoms with Gasteiger partial charge in [0.25, 0.3) is 5.89 Å². The second kappa shape index (κ2) is 9.20. The van der Waals surface area contributed by atoms with Gasteiger partial charge >= 0.3 is 0 Å². The summed E-state index contributed by atoms with van der Waals surface area (Å²) in [5.41, 5.74) is 15.0. The molecule has 2 unspecified atom stereocenters. The van der Waals surface area contributed by atoms with E-state index in [1.165, 1.54) is 29.2 Å². The molecule has 9 nitrogen and oxygen atoms in total. The summed E-state index contributed by atoms with van der Waals surface area (Å²) in [6.07, 6.45) is -1.34. The molecule has 2 atom stereocenters.